The van der Waals surface area contributed by atoms with Crippen molar-refractivity contribution >= 4 is 5.91 Å². The van der Waals surface area contributed by atoms with E-state index < -0.39 is 0 Å². The molecule has 0 radical (unpaired) electrons. The first-order valence-electron chi connectivity index (χ1n) is 6.50. The fraction of sp³-hybridized carbons (Fsp3) is 0.923. The number of amides is 1. The molecule has 3 heteroatoms. The van der Waals surface area contributed by atoms with Gasteiger partial charge in [0.2, 0.25) is 5.91 Å². The normalized spacial score (nSPS) is 16.2. The largest absolute Gasteiger partial charge is 0.355 e. The third-order valence-electron chi connectivity index (χ3n) is 3.38. The van der Waals surface area contributed by atoms with Crippen LogP contribution in [0.4, 0.5) is 0 Å². The SMILES string of the molecule is CC(C)C(CNC(=O)CNC1CC1)C(C)C. The van der Waals surface area contributed by atoms with Crippen LogP contribution < -0.4 is 10.6 Å². The molecule has 0 bridgehead atoms. The molecule has 1 rings (SSSR count). The summed E-state index contributed by atoms with van der Waals surface area (Å²) >= 11 is 0. The molecule has 3 nitrogen and oxygen atoms in total. The zero-order valence-electron chi connectivity index (χ0n) is 11.0. The Morgan fingerprint density at radius 2 is 1.75 bits per heavy atom. The van der Waals surface area contributed by atoms with Crippen molar-refractivity contribution in [2.24, 2.45) is 17.8 Å². The minimum atomic E-state index is 0.137. The second-order valence-corrected chi connectivity index (χ2v) is 5.61. The summed E-state index contributed by atoms with van der Waals surface area (Å²) in [7, 11) is 0. The molecule has 0 saturated heterocycles. The van der Waals surface area contributed by atoms with Crippen molar-refractivity contribution in [2.45, 2.75) is 46.6 Å². The van der Waals surface area contributed by atoms with Crippen molar-refractivity contribution in [3.05, 3.63) is 0 Å². The maximum absolute atomic E-state index is 11.6. The molecule has 0 unspecified atom stereocenters. The first-order valence-corrected chi connectivity index (χ1v) is 6.50. The molecule has 2 N–H and O–H groups in total. The zero-order chi connectivity index (χ0) is 12.1. The Bertz CT molecular complexity index is 214. The van der Waals surface area contributed by atoms with Gasteiger partial charge in [0, 0.05) is 12.6 Å². The molecule has 0 heterocycles. The first kappa shape index (κ1) is 13.5. The van der Waals surface area contributed by atoms with E-state index in [0.29, 0.717) is 30.3 Å². The number of carbonyl (C=O) groups excluding carboxylic acids is 1. The van der Waals surface area contributed by atoms with E-state index in [1.807, 2.05) is 0 Å². The Morgan fingerprint density at radius 1 is 1.19 bits per heavy atom. The molecule has 1 fully saturated rings. The standard InChI is InChI=1S/C13H26N2O/c1-9(2)12(10(3)4)7-15-13(16)8-14-11-5-6-11/h9-12,14H,5-8H2,1-4H3,(H,15,16). The highest BCUT2D eigenvalue weighted by atomic mass is 16.1. The van der Waals surface area contributed by atoms with Gasteiger partial charge < -0.3 is 10.6 Å². The fourth-order valence-corrected chi connectivity index (χ4v) is 2.06. The quantitative estimate of drug-likeness (QED) is 0.695. The predicted molar refractivity (Wildman–Crippen MR) is 67.2 cm³/mol. The highest BCUT2D eigenvalue weighted by molar-refractivity contribution is 5.78. The van der Waals surface area contributed by atoms with Crippen LogP contribution in [0, 0.1) is 17.8 Å². The Hall–Kier alpha value is -0.570. The maximum Gasteiger partial charge on any atom is 0.233 e. The van der Waals surface area contributed by atoms with Crippen molar-refractivity contribution in [1.29, 1.82) is 0 Å². The first-order chi connectivity index (χ1) is 7.50. The van der Waals surface area contributed by atoms with Crippen LogP contribution in [0.2, 0.25) is 0 Å². The maximum atomic E-state index is 11.6. The Kier molecular flexibility index (Phi) is 5.26. The fourth-order valence-electron chi connectivity index (χ4n) is 2.06. The van der Waals surface area contributed by atoms with E-state index in [9.17, 15) is 4.79 Å². The van der Waals surface area contributed by atoms with Gasteiger partial charge in [-0.05, 0) is 30.6 Å². The summed E-state index contributed by atoms with van der Waals surface area (Å²) in [6.45, 7) is 10.2. The van der Waals surface area contributed by atoms with Crippen molar-refractivity contribution in [1.82, 2.24) is 10.6 Å². The van der Waals surface area contributed by atoms with Gasteiger partial charge in [-0.25, -0.2) is 0 Å². The van der Waals surface area contributed by atoms with Gasteiger partial charge in [0.1, 0.15) is 0 Å². The average Bonchev–Trinajstić information content (AvgIpc) is 2.97. The second kappa shape index (κ2) is 6.24. The van der Waals surface area contributed by atoms with Gasteiger partial charge in [0.05, 0.1) is 6.54 Å². The summed E-state index contributed by atoms with van der Waals surface area (Å²) in [6.07, 6.45) is 2.46. The van der Waals surface area contributed by atoms with E-state index >= 15 is 0 Å². The highest BCUT2D eigenvalue weighted by Crippen LogP contribution is 2.19. The van der Waals surface area contributed by atoms with E-state index in [1.165, 1.54) is 12.8 Å². The summed E-state index contributed by atoms with van der Waals surface area (Å²) < 4.78 is 0. The molecule has 16 heavy (non-hydrogen) atoms. The minimum absolute atomic E-state index is 0.137. The molecule has 0 atom stereocenters. The molecular formula is C13H26N2O. The van der Waals surface area contributed by atoms with Gasteiger partial charge in [-0.2, -0.15) is 0 Å². The van der Waals surface area contributed by atoms with Crippen molar-refractivity contribution < 1.29 is 4.79 Å². The molecule has 1 saturated carbocycles. The highest BCUT2D eigenvalue weighted by Gasteiger charge is 2.22. The van der Waals surface area contributed by atoms with Gasteiger partial charge in [-0.3, -0.25) is 4.79 Å². The van der Waals surface area contributed by atoms with Crippen LogP contribution in [0.3, 0.4) is 0 Å². The molecule has 0 spiro atoms. The zero-order valence-corrected chi connectivity index (χ0v) is 11.0. The van der Waals surface area contributed by atoms with Crippen LogP contribution in [0.25, 0.3) is 0 Å². The monoisotopic (exact) mass is 226 g/mol. The summed E-state index contributed by atoms with van der Waals surface area (Å²) in [4.78, 5) is 11.6. The van der Waals surface area contributed by atoms with Gasteiger partial charge in [-0.1, -0.05) is 27.7 Å². The molecule has 1 aliphatic rings. The summed E-state index contributed by atoms with van der Waals surface area (Å²) in [5, 5.41) is 6.25. The average molecular weight is 226 g/mol. The van der Waals surface area contributed by atoms with E-state index in [2.05, 4.69) is 38.3 Å². The lowest BCUT2D eigenvalue weighted by Gasteiger charge is -2.25. The Balaban J connectivity index is 2.16. The van der Waals surface area contributed by atoms with Crippen LogP contribution in [-0.2, 0) is 4.79 Å². The third-order valence-corrected chi connectivity index (χ3v) is 3.38. The van der Waals surface area contributed by atoms with Crippen LogP contribution in [0.5, 0.6) is 0 Å². The van der Waals surface area contributed by atoms with Crippen molar-refractivity contribution in [2.75, 3.05) is 13.1 Å². The number of hydrogen-bond donors (Lipinski definition) is 2. The van der Waals surface area contributed by atoms with Crippen LogP contribution in [0.15, 0.2) is 0 Å². The van der Waals surface area contributed by atoms with Crippen molar-refractivity contribution in [3.8, 4) is 0 Å². The summed E-state index contributed by atoms with van der Waals surface area (Å²) in [5.74, 6) is 1.96. The summed E-state index contributed by atoms with van der Waals surface area (Å²) in [5.41, 5.74) is 0. The molecule has 1 amide bonds. The lowest BCUT2D eigenvalue weighted by molar-refractivity contribution is -0.120. The van der Waals surface area contributed by atoms with Gasteiger partial charge in [-0.15, -0.1) is 0 Å². The van der Waals surface area contributed by atoms with E-state index in [1.54, 1.807) is 0 Å². The van der Waals surface area contributed by atoms with E-state index in [0.717, 1.165) is 6.54 Å². The van der Waals surface area contributed by atoms with Gasteiger partial charge >= 0.3 is 0 Å². The Morgan fingerprint density at radius 3 is 2.19 bits per heavy atom. The lowest BCUT2D eigenvalue weighted by Crippen LogP contribution is -2.39. The van der Waals surface area contributed by atoms with Crippen LogP contribution in [-0.4, -0.2) is 25.0 Å². The van der Waals surface area contributed by atoms with Crippen LogP contribution in [0.1, 0.15) is 40.5 Å². The number of carbonyl (C=O) groups is 1. The smallest absolute Gasteiger partial charge is 0.233 e. The molecule has 0 aromatic rings. The molecule has 0 aliphatic heterocycles. The lowest BCUT2D eigenvalue weighted by atomic mass is 9.85. The van der Waals surface area contributed by atoms with Crippen molar-refractivity contribution in [3.63, 3.8) is 0 Å². The number of nitrogens with one attached hydrogen (secondary N) is 2. The predicted octanol–water partition coefficient (Wildman–Crippen LogP) is 1.78. The minimum Gasteiger partial charge on any atom is -0.355 e. The second-order valence-electron chi connectivity index (χ2n) is 5.61. The summed E-state index contributed by atoms with van der Waals surface area (Å²) in [6, 6.07) is 0.608. The van der Waals surface area contributed by atoms with Gasteiger partial charge in [0.25, 0.3) is 0 Å². The molecule has 0 aromatic heterocycles. The third kappa shape index (κ3) is 4.97. The number of rotatable bonds is 7. The number of hydrogen-bond acceptors (Lipinski definition) is 2. The molecular weight excluding hydrogens is 200 g/mol. The van der Waals surface area contributed by atoms with Gasteiger partial charge in [0.15, 0.2) is 0 Å². The van der Waals surface area contributed by atoms with Crippen LogP contribution >= 0.6 is 0 Å². The molecule has 94 valence electrons. The molecule has 0 aromatic carbocycles. The molecule has 1 aliphatic carbocycles. The topological polar surface area (TPSA) is 41.1 Å². The van der Waals surface area contributed by atoms with E-state index in [4.69, 9.17) is 0 Å². The van der Waals surface area contributed by atoms with E-state index in [-0.39, 0.29) is 5.91 Å². The Labute approximate surface area is 99.4 Å².